The zero-order valence-electron chi connectivity index (χ0n) is 27.7. The first-order valence-corrected chi connectivity index (χ1v) is 17.0. The summed E-state index contributed by atoms with van der Waals surface area (Å²) in [5, 5.41) is 30.9. The lowest BCUT2D eigenvalue weighted by Crippen LogP contribution is -2.66. The second-order valence-corrected chi connectivity index (χ2v) is 17.4. The van der Waals surface area contributed by atoms with Crippen molar-refractivity contribution in [2.75, 3.05) is 6.61 Å². The molecule has 5 aliphatic rings. The van der Waals surface area contributed by atoms with Crippen LogP contribution in [0.3, 0.4) is 0 Å². The highest BCUT2D eigenvalue weighted by Gasteiger charge is 2.69. The monoisotopic (exact) mass is 592 g/mol. The van der Waals surface area contributed by atoms with Crippen LogP contribution in [0.5, 0.6) is 0 Å². The van der Waals surface area contributed by atoms with E-state index in [0.717, 1.165) is 50.5 Å². The zero-order chi connectivity index (χ0) is 31.2. The fourth-order valence-corrected chi connectivity index (χ4v) is 11.9. The molecule has 1 aromatic carbocycles. The number of carboxylic acid groups (broad SMARTS) is 1. The predicted octanol–water partition coefficient (Wildman–Crippen LogP) is 8.03. The van der Waals surface area contributed by atoms with Gasteiger partial charge in [-0.25, -0.2) is 4.79 Å². The van der Waals surface area contributed by atoms with Gasteiger partial charge < -0.3 is 20.1 Å². The number of aliphatic hydroxyl groups excluding tert-OH is 2. The largest absolute Gasteiger partial charge is 0.478 e. The molecule has 0 heterocycles. The summed E-state index contributed by atoms with van der Waals surface area (Å²) >= 11 is 0. The minimum Gasteiger partial charge on any atom is -0.478 e. The number of aromatic carboxylic acids is 1. The van der Waals surface area contributed by atoms with Crippen LogP contribution in [0.1, 0.15) is 122 Å². The molecule has 1 aromatic rings. The van der Waals surface area contributed by atoms with E-state index in [-0.39, 0.29) is 39.8 Å². The topological polar surface area (TPSA) is 87.0 Å². The number of fused-ring (bicyclic) bond motifs is 7. The molecule has 3 N–H and O–H groups in total. The maximum Gasteiger partial charge on any atom is 0.335 e. The highest BCUT2D eigenvalue weighted by atomic mass is 16.5. The van der Waals surface area contributed by atoms with Gasteiger partial charge in [0.2, 0.25) is 0 Å². The second kappa shape index (κ2) is 10.2. The van der Waals surface area contributed by atoms with Crippen molar-refractivity contribution in [1.29, 1.82) is 0 Å². The first-order chi connectivity index (χ1) is 20.0. The van der Waals surface area contributed by atoms with Crippen molar-refractivity contribution in [3.63, 3.8) is 0 Å². The van der Waals surface area contributed by atoms with Crippen LogP contribution in [-0.4, -0.2) is 40.1 Å². The molecule has 2 unspecified atom stereocenters. The summed E-state index contributed by atoms with van der Waals surface area (Å²) in [5.74, 6) is 0.473. The van der Waals surface area contributed by atoms with E-state index in [1.165, 1.54) is 12.8 Å². The van der Waals surface area contributed by atoms with Crippen LogP contribution in [0.25, 0.3) is 0 Å². The van der Waals surface area contributed by atoms with Crippen LogP contribution in [0, 0.1) is 50.2 Å². The number of ether oxygens (including phenoxy) is 1. The molecule has 5 aliphatic carbocycles. The van der Waals surface area contributed by atoms with E-state index >= 15 is 0 Å². The summed E-state index contributed by atoms with van der Waals surface area (Å²) in [4.78, 5) is 11.3. The fourth-order valence-electron chi connectivity index (χ4n) is 11.9. The smallest absolute Gasteiger partial charge is 0.335 e. The minimum atomic E-state index is -0.898. The number of benzene rings is 1. The van der Waals surface area contributed by atoms with Gasteiger partial charge in [-0.15, -0.1) is 0 Å². The number of aliphatic hydroxyl groups is 2. The van der Waals surface area contributed by atoms with Crippen LogP contribution in [0.15, 0.2) is 35.9 Å². The molecule has 10 atom stereocenters. The molecule has 0 spiro atoms. The Labute approximate surface area is 259 Å². The van der Waals surface area contributed by atoms with Gasteiger partial charge in [0, 0.05) is 10.8 Å². The molecule has 0 aliphatic heterocycles. The van der Waals surface area contributed by atoms with Gasteiger partial charge in [-0.05, 0) is 115 Å². The molecular weight excluding hydrogens is 536 g/mol. The lowest BCUT2D eigenvalue weighted by atomic mass is 9.33. The molecule has 5 nitrogen and oxygen atoms in total. The molecule has 4 saturated carbocycles. The molecule has 238 valence electrons. The van der Waals surface area contributed by atoms with Gasteiger partial charge in [-0.1, -0.05) is 72.2 Å². The number of allylic oxidation sites excluding steroid dienone is 2. The summed E-state index contributed by atoms with van der Waals surface area (Å²) < 4.78 is 6.83. The van der Waals surface area contributed by atoms with Crippen molar-refractivity contribution in [2.24, 2.45) is 50.2 Å². The highest BCUT2D eigenvalue weighted by Crippen LogP contribution is 2.75. The van der Waals surface area contributed by atoms with E-state index < -0.39 is 17.5 Å². The first kappa shape index (κ1) is 31.3. The maximum atomic E-state index is 11.3. The summed E-state index contributed by atoms with van der Waals surface area (Å²) in [6.07, 6.45) is 12.1. The summed E-state index contributed by atoms with van der Waals surface area (Å²) in [7, 11) is 0. The molecular formula is C38H56O5. The lowest BCUT2D eigenvalue weighted by Gasteiger charge is -2.71. The van der Waals surface area contributed by atoms with Crippen molar-refractivity contribution in [3.05, 3.63) is 47.0 Å². The Morgan fingerprint density at radius 1 is 0.884 bits per heavy atom. The predicted molar refractivity (Wildman–Crippen MR) is 169 cm³/mol. The maximum absolute atomic E-state index is 11.3. The standard InChI is InChI=1S/C38H56O5/c1-33(2)20-27-26-12-13-29-35(4)16-15-30(40)36(5,23-39)28(35)14-17-38(29,7)37(26,6)19-18-34(27,3)31(21-33)43-22-24-8-10-25(11-9-24)32(41)42/h8-12,27-31,39-40H,13-23H2,1-7H3,(H,41,42)/t27-,28?,29-,30+,31-,34-,35+,36?,37-,38-/m1/s1. The zero-order valence-corrected chi connectivity index (χ0v) is 27.7. The normalized spacial score (nSPS) is 46.9. The Hall–Kier alpha value is -1.69. The first-order valence-electron chi connectivity index (χ1n) is 17.0. The van der Waals surface area contributed by atoms with Crippen molar-refractivity contribution in [2.45, 2.75) is 125 Å². The third-order valence-electron chi connectivity index (χ3n) is 14.9. The highest BCUT2D eigenvalue weighted by molar-refractivity contribution is 5.87. The van der Waals surface area contributed by atoms with Gasteiger partial charge in [-0.3, -0.25) is 0 Å². The average Bonchev–Trinajstić information content (AvgIpc) is 2.95. The van der Waals surface area contributed by atoms with Crippen molar-refractivity contribution in [1.82, 2.24) is 0 Å². The van der Waals surface area contributed by atoms with Crippen LogP contribution in [-0.2, 0) is 11.3 Å². The van der Waals surface area contributed by atoms with Crippen LogP contribution < -0.4 is 0 Å². The van der Waals surface area contributed by atoms with Gasteiger partial charge in [0.15, 0.2) is 0 Å². The van der Waals surface area contributed by atoms with E-state index in [4.69, 9.17) is 4.74 Å². The summed E-state index contributed by atoms with van der Waals surface area (Å²) in [6.45, 7) is 17.8. The molecule has 0 saturated heterocycles. The molecule has 43 heavy (non-hydrogen) atoms. The fraction of sp³-hybridized carbons (Fsp3) is 0.763. The van der Waals surface area contributed by atoms with Crippen LogP contribution >= 0.6 is 0 Å². The van der Waals surface area contributed by atoms with Gasteiger partial charge >= 0.3 is 5.97 Å². The summed E-state index contributed by atoms with van der Waals surface area (Å²) in [6, 6.07) is 7.14. The number of carbonyl (C=O) groups is 1. The molecule has 0 aromatic heterocycles. The Morgan fingerprint density at radius 2 is 1.58 bits per heavy atom. The minimum absolute atomic E-state index is 0.0660. The van der Waals surface area contributed by atoms with Crippen LogP contribution in [0.4, 0.5) is 0 Å². The Kier molecular flexibility index (Phi) is 7.39. The number of hydrogen-bond acceptors (Lipinski definition) is 4. The van der Waals surface area contributed by atoms with Crippen molar-refractivity contribution in [3.8, 4) is 0 Å². The molecule has 5 heteroatoms. The number of rotatable bonds is 5. The molecule has 0 amide bonds. The van der Waals surface area contributed by atoms with E-state index in [1.807, 2.05) is 12.1 Å². The summed E-state index contributed by atoms with van der Waals surface area (Å²) in [5.41, 5.74) is 3.27. The number of carboxylic acids is 1. The quantitative estimate of drug-likeness (QED) is 0.301. The van der Waals surface area contributed by atoms with E-state index in [9.17, 15) is 20.1 Å². The third kappa shape index (κ3) is 4.45. The molecule has 4 fully saturated rings. The van der Waals surface area contributed by atoms with E-state index in [1.54, 1.807) is 17.7 Å². The molecule has 6 rings (SSSR count). The Balaban J connectivity index is 1.31. The van der Waals surface area contributed by atoms with E-state index in [0.29, 0.717) is 29.9 Å². The van der Waals surface area contributed by atoms with Gasteiger partial charge in [0.1, 0.15) is 0 Å². The molecule has 0 bridgehead atoms. The average molecular weight is 593 g/mol. The Morgan fingerprint density at radius 3 is 2.23 bits per heavy atom. The van der Waals surface area contributed by atoms with Gasteiger partial charge in [0.05, 0.1) is 31.0 Å². The SMILES string of the molecule is CC1(C)C[C@@H]2C3=CC[C@@H]4[C@@]5(C)CC[C@H](O)C(C)(CO)C5CC[C@@]4(C)[C@]3(C)CC[C@@]2(C)[C@H](OCc2ccc(C(=O)O)cc2)C1. The van der Waals surface area contributed by atoms with Crippen LogP contribution in [0.2, 0.25) is 0 Å². The number of hydrogen-bond donors (Lipinski definition) is 3. The lowest BCUT2D eigenvalue weighted by molar-refractivity contribution is -0.220. The third-order valence-corrected chi connectivity index (χ3v) is 14.9. The Bertz CT molecular complexity index is 1280. The van der Waals surface area contributed by atoms with Crippen molar-refractivity contribution < 1.29 is 24.9 Å². The molecule has 0 radical (unpaired) electrons. The second-order valence-electron chi connectivity index (χ2n) is 17.4. The van der Waals surface area contributed by atoms with Crippen molar-refractivity contribution >= 4 is 5.97 Å². The van der Waals surface area contributed by atoms with Gasteiger partial charge in [0.25, 0.3) is 0 Å². The van der Waals surface area contributed by atoms with E-state index in [2.05, 4.69) is 54.5 Å². The van der Waals surface area contributed by atoms with Gasteiger partial charge in [-0.2, -0.15) is 0 Å².